The van der Waals surface area contributed by atoms with Crippen LogP contribution in [-0.4, -0.2) is 50.7 Å². The average Bonchev–Trinajstić information content (AvgIpc) is 3.39. The molecule has 174 valence electrons. The van der Waals surface area contributed by atoms with Crippen LogP contribution in [0.4, 0.5) is 5.82 Å². The minimum Gasteiger partial charge on any atom is -0.507 e. The van der Waals surface area contributed by atoms with Crippen molar-refractivity contribution in [2.75, 3.05) is 31.1 Å². The van der Waals surface area contributed by atoms with Crippen molar-refractivity contribution in [3.05, 3.63) is 106 Å². The van der Waals surface area contributed by atoms with Gasteiger partial charge in [-0.25, -0.2) is 4.98 Å². The second-order valence-electron chi connectivity index (χ2n) is 8.46. The summed E-state index contributed by atoms with van der Waals surface area (Å²) in [5.74, 6) is 1.63. The van der Waals surface area contributed by atoms with Gasteiger partial charge < -0.3 is 19.0 Å². The Morgan fingerprint density at radius 2 is 1.91 bits per heavy atom. The number of furan rings is 1. The molecule has 0 saturated carbocycles. The van der Waals surface area contributed by atoms with Gasteiger partial charge in [0.1, 0.15) is 17.3 Å². The van der Waals surface area contributed by atoms with E-state index in [2.05, 4.69) is 19.8 Å². The molecule has 4 aromatic heterocycles. The zero-order valence-corrected chi connectivity index (χ0v) is 19.0. The quantitative estimate of drug-likeness (QED) is 0.476. The molecule has 1 aliphatic heterocycles. The van der Waals surface area contributed by atoms with Crippen LogP contribution in [-0.2, 0) is 6.54 Å². The van der Waals surface area contributed by atoms with E-state index in [1.807, 2.05) is 43.3 Å². The Balaban J connectivity index is 1.52. The van der Waals surface area contributed by atoms with Crippen LogP contribution in [0, 0.1) is 6.92 Å². The lowest BCUT2D eigenvalue weighted by molar-refractivity contribution is 0.206. The van der Waals surface area contributed by atoms with Crippen LogP contribution < -0.4 is 10.5 Å². The van der Waals surface area contributed by atoms with E-state index in [9.17, 15) is 9.90 Å². The van der Waals surface area contributed by atoms with Crippen LogP contribution in [0.3, 0.4) is 0 Å². The summed E-state index contributed by atoms with van der Waals surface area (Å²) >= 11 is 0. The summed E-state index contributed by atoms with van der Waals surface area (Å²) in [7, 11) is 0. The second-order valence-corrected chi connectivity index (χ2v) is 8.46. The Bertz CT molecular complexity index is 1280. The fourth-order valence-corrected chi connectivity index (χ4v) is 4.63. The fraction of sp³-hybridized carbons (Fsp3) is 0.269. The van der Waals surface area contributed by atoms with Gasteiger partial charge in [0.05, 0.1) is 24.4 Å². The summed E-state index contributed by atoms with van der Waals surface area (Å²) in [6.45, 7) is 5.07. The predicted molar refractivity (Wildman–Crippen MR) is 129 cm³/mol. The van der Waals surface area contributed by atoms with Crippen molar-refractivity contribution < 1.29 is 9.52 Å². The first kappa shape index (κ1) is 21.9. The number of hydrogen-bond donors (Lipinski definition) is 1. The predicted octanol–water partition coefficient (Wildman–Crippen LogP) is 3.21. The summed E-state index contributed by atoms with van der Waals surface area (Å²) in [5, 5.41) is 11.0. The number of aromatic hydroxyl groups is 1. The molecule has 1 aliphatic rings. The van der Waals surface area contributed by atoms with Gasteiger partial charge in [-0.2, -0.15) is 0 Å². The molecule has 8 heteroatoms. The molecule has 5 heterocycles. The molecule has 5 rings (SSSR count). The largest absolute Gasteiger partial charge is 0.507 e. The monoisotopic (exact) mass is 457 g/mol. The highest BCUT2D eigenvalue weighted by molar-refractivity contribution is 5.42. The number of rotatable bonds is 6. The third-order valence-electron chi connectivity index (χ3n) is 6.34. The van der Waals surface area contributed by atoms with Gasteiger partial charge in [-0.3, -0.25) is 14.7 Å². The Morgan fingerprint density at radius 1 is 1.06 bits per heavy atom. The molecular formula is C26H27N5O3. The number of pyridine rings is 3. The van der Waals surface area contributed by atoms with Gasteiger partial charge in [0.25, 0.3) is 5.56 Å². The highest BCUT2D eigenvalue weighted by atomic mass is 16.3. The number of hydrogen-bond acceptors (Lipinski definition) is 7. The minimum atomic E-state index is -0.421. The van der Waals surface area contributed by atoms with Crippen molar-refractivity contribution in [1.29, 1.82) is 0 Å². The number of aryl methyl sites for hydroxylation is 1. The average molecular weight is 458 g/mol. The maximum atomic E-state index is 13.8. The molecule has 0 radical (unpaired) electrons. The van der Waals surface area contributed by atoms with E-state index in [1.165, 1.54) is 0 Å². The molecule has 0 aromatic carbocycles. The molecule has 34 heavy (non-hydrogen) atoms. The fourth-order valence-electron chi connectivity index (χ4n) is 4.63. The smallest absolute Gasteiger partial charge is 0.260 e. The van der Waals surface area contributed by atoms with Crippen LogP contribution in [0.15, 0.2) is 82.6 Å². The van der Waals surface area contributed by atoms with E-state index < -0.39 is 6.04 Å². The molecule has 0 spiro atoms. The van der Waals surface area contributed by atoms with Gasteiger partial charge in [-0.15, -0.1) is 0 Å². The van der Waals surface area contributed by atoms with Gasteiger partial charge in [0.2, 0.25) is 0 Å². The molecule has 1 saturated heterocycles. The maximum absolute atomic E-state index is 13.8. The first-order valence-electron chi connectivity index (χ1n) is 11.4. The summed E-state index contributed by atoms with van der Waals surface area (Å²) < 4.78 is 7.13. The Morgan fingerprint density at radius 3 is 2.59 bits per heavy atom. The molecule has 8 nitrogen and oxygen atoms in total. The standard InChI is InChI=1S/C26H27N5O3/c1-19-16-22(32)24(26(33)31(19)18-21-7-5-15-34-21)25(20-6-4-9-27-17-20)30-13-11-29(12-14-30)23-8-2-3-10-28-23/h2-10,15-17,25,32H,11-14,18H2,1H3/t25-/m0/s1. The zero-order valence-electron chi connectivity index (χ0n) is 19.0. The van der Waals surface area contributed by atoms with Crippen molar-refractivity contribution in [1.82, 2.24) is 19.4 Å². The molecule has 0 aliphatic carbocycles. The molecule has 1 N–H and O–H groups in total. The molecule has 1 atom stereocenters. The number of aromatic nitrogens is 3. The van der Waals surface area contributed by atoms with E-state index in [-0.39, 0.29) is 11.3 Å². The van der Waals surface area contributed by atoms with Crippen LogP contribution in [0.1, 0.15) is 28.6 Å². The number of piperazine rings is 1. The molecule has 0 amide bonds. The number of anilines is 1. The van der Waals surface area contributed by atoms with E-state index >= 15 is 0 Å². The van der Waals surface area contributed by atoms with Crippen molar-refractivity contribution in [3.8, 4) is 5.75 Å². The third-order valence-corrected chi connectivity index (χ3v) is 6.34. The van der Waals surface area contributed by atoms with Gasteiger partial charge in [-0.1, -0.05) is 12.1 Å². The summed E-state index contributed by atoms with van der Waals surface area (Å²) in [5.41, 5.74) is 1.67. The lowest BCUT2D eigenvalue weighted by Gasteiger charge is -2.40. The summed E-state index contributed by atoms with van der Waals surface area (Å²) in [4.78, 5) is 27.0. The highest BCUT2D eigenvalue weighted by Gasteiger charge is 2.32. The zero-order chi connectivity index (χ0) is 23.5. The van der Waals surface area contributed by atoms with Crippen molar-refractivity contribution >= 4 is 5.82 Å². The van der Waals surface area contributed by atoms with Gasteiger partial charge >= 0.3 is 0 Å². The molecule has 4 aromatic rings. The Hall–Kier alpha value is -3.91. The molecule has 1 fully saturated rings. The van der Waals surface area contributed by atoms with Crippen molar-refractivity contribution in [2.45, 2.75) is 19.5 Å². The van der Waals surface area contributed by atoms with Crippen LogP contribution >= 0.6 is 0 Å². The molecular weight excluding hydrogens is 430 g/mol. The summed E-state index contributed by atoms with van der Waals surface area (Å²) in [6.07, 6.45) is 6.87. The lowest BCUT2D eigenvalue weighted by atomic mass is 9.97. The second kappa shape index (κ2) is 9.52. The van der Waals surface area contributed by atoms with Gasteiger partial charge in [-0.05, 0) is 48.9 Å². The Kier molecular flexibility index (Phi) is 6.14. The van der Waals surface area contributed by atoms with E-state index in [4.69, 9.17) is 4.42 Å². The third kappa shape index (κ3) is 4.32. The van der Waals surface area contributed by atoms with Crippen LogP contribution in [0.5, 0.6) is 5.75 Å². The Labute approximate surface area is 197 Å². The molecule has 0 bridgehead atoms. The van der Waals surface area contributed by atoms with E-state index in [0.29, 0.717) is 36.7 Å². The SMILES string of the molecule is Cc1cc(O)c([C@H](c2cccnc2)N2CCN(c3ccccn3)CC2)c(=O)n1Cc1ccco1. The topological polar surface area (TPSA) is 87.6 Å². The maximum Gasteiger partial charge on any atom is 0.260 e. The van der Waals surface area contributed by atoms with Crippen LogP contribution in [0.25, 0.3) is 0 Å². The van der Waals surface area contributed by atoms with Gasteiger partial charge in [0, 0.05) is 50.5 Å². The highest BCUT2D eigenvalue weighted by Crippen LogP contribution is 2.33. The normalized spacial score (nSPS) is 15.4. The first-order valence-corrected chi connectivity index (χ1v) is 11.4. The molecule has 0 unspecified atom stereocenters. The van der Waals surface area contributed by atoms with Crippen LogP contribution in [0.2, 0.25) is 0 Å². The summed E-state index contributed by atoms with van der Waals surface area (Å²) in [6, 6.07) is 14.6. The minimum absolute atomic E-state index is 0.000737. The van der Waals surface area contributed by atoms with Gasteiger partial charge in [0.15, 0.2) is 0 Å². The lowest BCUT2D eigenvalue weighted by Crippen LogP contribution is -2.49. The van der Waals surface area contributed by atoms with Crippen molar-refractivity contribution in [3.63, 3.8) is 0 Å². The number of nitrogens with zero attached hydrogens (tertiary/aromatic N) is 5. The first-order chi connectivity index (χ1) is 16.6. The van der Waals surface area contributed by atoms with Crippen molar-refractivity contribution in [2.24, 2.45) is 0 Å². The van der Waals surface area contributed by atoms with E-state index in [0.717, 1.165) is 24.5 Å². The van der Waals surface area contributed by atoms with E-state index in [1.54, 1.807) is 41.6 Å².